The Hall–Kier alpha value is -2.72. The number of alkyl halides is 3. The number of halogens is 3. The van der Waals surface area contributed by atoms with E-state index in [-0.39, 0.29) is 25.4 Å². The summed E-state index contributed by atoms with van der Waals surface area (Å²) in [7, 11) is 3.63. The second kappa shape index (κ2) is 13.0. The van der Waals surface area contributed by atoms with E-state index in [1.54, 1.807) is 12.1 Å². The molecule has 1 unspecified atom stereocenters. The van der Waals surface area contributed by atoms with Crippen LogP contribution in [0.1, 0.15) is 31.4 Å². The Morgan fingerprint density at radius 3 is 2.25 bits per heavy atom. The molecule has 0 bridgehead atoms. The van der Waals surface area contributed by atoms with E-state index in [9.17, 15) is 27.9 Å². The van der Waals surface area contributed by atoms with Gasteiger partial charge in [-0.15, -0.1) is 11.8 Å². The third kappa shape index (κ3) is 8.16. The number of carboxylic acid groups (broad SMARTS) is 1. The van der Waals surface area contributed by atoms with Gasteiger partial charge in [0.2, 0.25) is 5.91 Å². The first kappa shape index (κ1) is 29.5. The summed E-state index contributed by atoms with van der Waals surface area (Å²) in [6.07, 6.45) is -3.61. The minimum absolute atomic E-state index is 0.00589. The highest BCUT2D eigenvalue weighted by Gasteiger charge is 2.35. The maximum Gasteiger partial charge on any atom is 0.416 e. The van der Waals surface area contributed by atoms with Gasteiger partial charge < -0.3 is 14.9 Å². The molecule has 0 saturated heterocycles. The van der Waals surface area contributed by atoms with Gasteiger partial charge in [-0.2, -0.15) is 13.2 Å². The molecule has 0 aliphatic carbocycles. The molecule has 2 aromatic rings. The fourth-order valence-electron chi connectivity index (χ4n) is 3.84. The fraction of sp³-hybridized carbons (Fsp3) is 0.462. The monoisotopic (exact) mass is 525 g/mol. The van der Waals surface area contributed by atoms with E-state index in [0.29, 0.717) is 17.8 Å². The maximum absolute atomic E-state index is 14.1. The molecule has 2 rings (SSSR count). The fourth-order valence-corrected chi connectivity index (χ4v) is 4.45. The summed E-state index contributed by atoms with van der Waals surface area (Å²) in [5, 5.41) is 9.99. The average molecular weight is 526 g/mol. The van der Waals surface area contributed by atoms with Crippen molar-refractivity contribution in [2.75, 3.05) is 38.3 Å². The van der Waals surface area contributed by atoms with Crippen LogP contribution < -0.4 is 4.90 Å². The Balaban J connectivity index is 2.59. The molecule has 0 heterocycles. The highest BCUT2D eigenvalue weighted by Crippen LogP contribution is 2.33. The Morgan fingerprint density at radius 1 is 1.03 bits per heavy atom. The molecule has 36 heavy (non-hydrogen) atoms. The number of para-hydroxylation sites is 1. The van der Waals surface area contributed by atoms with Crippen molar-refractivity contribution in [2.45, 2.75) is 43.9 Å². The van der Waals surface area contributed by atoms with Gasteiger partial charge in [-0.25, -0.2) is 4.79 Å². The van der Waals surface area contributed by atoms with E-state index in [4.69, 9.17) is 0 Å². The van der Waals surface area contributed by atoms with Crippen LogP contribution >= 0.6 is 11.8 Å². The molecule has 10 heteroatoms. The maximum atomic E-state index is 14.1. The van der Waals surface area contributed by atoms with E-state index in [1.807, 2.05) is 51.2 Å². The van der Waals surface area contributed by atoms with Gasteiger partial charge in [0, 0.05) is 18.0 Å². The third-order valence-electron chi connectivity index (χ3n) is 5.63. The largest absolute Gasteiger partial charge is 0.465 e. The van der Waals surface area contributed by atoms with Crippen LogP contribution in [0, 0.1) is 5.92 Å². The molecule has 1 N–H and O–H groups in total. The number of nitrogens with zero attached hydrogens (tertiary/aromatic N) is 3. The second-order valence-corrected chi connectivity index (χ2v) is 10.1. The van der Waals surface area contributed by atoms with Crippen LogP contribution in [0.15, 0.2) is 53.4 Å². The number of hydrogen-bond donors (Lipinski definition) is 1. The molecule has 0 aliphatic rings. The van der Waals surface area contributed by atoms with E-state index in [1.165, 1.54) is 28.8 Å². The first-order valence-corrected chi connectivity index (χ1v) is 12.8. The summed E-state index contributed by atoms with van der Waals surface area (Å²) in [5.74, 6) is -0.463. The standard InChI is InChI=1S/C26H34F3N3O3S/c1-18(2)15-22(31(25(34)35)14-13-30(3)4)24(33)32(21-11-6-7-12-23(21)36-5)17-19-9-8-10-20(16-19)26(27,28)29/h6-12,16,18,22H,13-15,17H2,1-5H3,(H,34,35). The number of carbonyl (C=O) groups is 2. The normalized spacial score (nSPS) is 12.6. The zero-order chi connectivity index (χ0) is 27.0. The van der Waals surface area contributed by atoms with Crippen molar-refractivity contribution in [1.82, 2.24) is 9.80 Å². The lowest BCUT2D eigenvalue weighted by Crippen LogP contribution is -2.52. The Bertz CT molecular complexity index is 1030. The quantitative estimate of drug-likeness (QED) is 0.369. The van der Waals surface area contributed by atoms with Crippen molar-refractivity contribution in [3.05, 3.63) is 59.7 Å². The predicted octanol–water partition coefficient (Wildman–Crippen LogP) is 5.92. The first-order valence-electron chi connectivity index (χ1n) is 11.6. The minimum Gasteiger partial charge on any atom is -0.465 e. The van der Waals surface area contributed by atoms with E-state index < -0.39 is 29.8 Å². The molecule has 1 atom stereocenters. The Kier molecular flexibility index (Phi) is 10.7. The average Bonchev–Trinajstić information content (AvgIpc) is 2.80. The summed E-state index contributed by atoms with van der Waals surface area (Å²) < 4.78 is 40.1. The lowest BCUT2D eigenvalue weighted by atomic mass is 10.00. The number of hydrogen-bond acceptors (Lipinski definition) is 4. The highest BCUT2D eigenvalue weighted by molar-refractivity contribution is 7.98. The summed E-state index contributed by atoms with van der Waals surface area (Å²) in [6, 6.07) is 11.0. The van der Waals surface area contributed by atoms with Crippen molar-refractivity contribution in [1.29, 1.82) is 0 Å². The Morgan fingerprint density at radius 2 is 1.69 bits per heavy atom. The number of anilines is 1. The lowest BCUT2D eigenvalue weighted by Gasteiger charge is -2.35. The number of thioether (sulfide) groups is 1. The van der Waals surface area contributed by atoms with Crippen LogP contribution in [0.5, 0.6) is 0 Å². The minimum atomic E-state index is -4.52. The smallest absolute Gasteiger partial charge is 0.416 e. The number of rotatable bonds is 11. The molecule has 198 valence electrons. The molecule has 0 spiro atoms. The number of likely N-dealkylation sites (N-methyl/N-ethyl adjacent to an activating group) is 1. The van der Waals surface area contributed by atoms with Gasteiger partial charge in [0.15, 0.2) is 0 Å². The van der Waals surface area contributed by atoms with Crippen molar-refractivity contribution in [3.8, 4) is 0 Å². The number of amides is 2. The van der Waals surface area contributed by atoms with Gasteiger partial charge in [-0.3, -0.25) is 9.69 Å². The zero-order valence-corrected chi connectivity index (χ0v) is 22.1. The van der Waals surface area contributed by atoms with Gasteiger partial charge in [0.1, 0.15) is 6.04 Å². The molecule has 0 saturated carbocycles. The van der Waals surface area contributed by atoms with Crippen molar-refractivity contribution in [2.24, 2.45) is 5.92 Å². The topological polar surface area (TPSA) is 64.1 Å². The molecular weight excluding hydrogens is 491 g/mol. The summed E-state index contributed by atoms with van der Waals surface area (Å²) in [6.45, 7) is 4.21. The summed E-state index contributed by atoms with van der Waals surface area (Å²) >= 11 is 1.40. The van der Waals surface area contributed by atoms with Crippen LogP contribution in [0.25, 0.3) is 0 Å². The summed E-state index contributed by atoms with van der Waals surface area (Å²) in [5.41, 5.74) is 0.0223. The Labute approximate surface area is 215 Å². The van der Waals surface area contributed by atoms with Gasteiger partial charge in [0.05, 0.1) is 17.8 Å². The van der Waals surface area contributed by atoms with Crippen molar-refractivity contribution < 1.29 is 27.9 Å². The van der Waals surface area contributed by atoms with Gasteiger partial charge >= 0.3 is 12.3 Å². The van der Waals surface area contributed by atoms with Gasteiger partial charge in [0.25, 0.3) is 0 Å². The molecule has 0 aliphatic heterocycles. The van der Waals surface area contributed by atoms with Crippen LogP contribution in [0.4, 0.5) is 23.7 Å². The highest BCUT2D eigenvalue weighted by atomic mass is 32.2. The molecular formula is C26H34F3N3O3S. The van der Waals surface area contributed by atoms with Gasteiger partial charge in [-0.05, 0) is 62.5 Å². The molecule has 0 fully saturated rings. The van der Waals surface area contributed by atoms with Crippen LogP contribution in [-0.4, -0.2) is 66.4 Å². The van der Waals surface area contributed by atoms with Crippen LogP contribution in [0.3, 0.4) is 0 Å². The SMILES string of the molecule is CSc1ccccc1N(Cc1cccc(C(F)(F)F)c1)C(=O)C(CC(C)C)N(CCN(C)C)C(=O)O. The summed E-state index contributed by atoms with van der Waals surface area (Å²) in [4.78, 5) is 31.5. The van der Waals surface area contributed by atoms with E-state index in [2.05, 4.69) is 0 Å². The molecule has 2 aromatic carbocycles. The molecule has 0 radical (unpaired) electrons. The van der Waals surface area contributed by atoms with Crippen molar-refractivity contribution >= 4 is 29.4 Å². The molecule has 2 amide bonds. The van der Waals surface area contributed by atoms with Crippen molar-refractivity contribution in [3.63, 3.8) is 0 Å². The number of carbonyl (C=O) groups excluding carboxylic acids is 1. The zero-order valence-electron chi connectivity index (χ0n) is 21.2. The second-order valence-electron chi connectivity index (χ2n) is 9.22. The number of benzene rings is 2. The first-order chi connectivity index (χ1) is 16.8. The van der Waals surface area contributed by atoms with Crippen LogP contribution in [-0.2, 0) is 17.5 Å². The molecule has 6 nitrogen and oxygen atoms in total. The predicted molar refractivity (Wildman–Crippen MR) is 137 cm³/mol. The van der Waals surface area contributed by atoms with Gasteiger partial charge in [-0.1, -0.05) is 38.1 Å². The lowest BCUT2D eigenvalue weighted by molar-refractivity contribution is -0.137. The third-order valence-corrected chi connectivity index (χ3v) is 6.41. The van der Waals surface area contributed by atoms with E-state index >= 15 is 0 Å². The van der Waals surface area contributed by atoms with Crippen LogP contribution in [0.2, 0.25) is 0 Å². The van der Waals surface area contributed by atoms with E-state index in [0.717, 1.165) is 21.9 Å². The molecule has 0 aromatic heterocycles.